The zero-order valence-corrected chi connectivity index (χ0v) is 17.0. The van der Waals surface area contributed by atoms with Gasteiger partial charge in [0.15, 0.2) is 0 Å². The summed E-state index contributed by atoms with van der Waals surface area (Å²) in [7, 11) is 0. The minimum Gasteiger partial charge on any atom is -0.483 e. The Bertz CT molecular complexity index is 1010. The lowest BCUT2D eigenvalue weighted by molar-refractivity contribution is -0.122. The van der Waals surface area contributed by atoms with Gasteiger partial charge in [0.1, 0.15) is 5.82 Å². The molecule has 0 atom stereocenters. The second-order valence-electron chi connectivity index (χ2n) is 7.84. The van der Waals surface area contributed by atoms with Crippen molar-refractivity contribution in [3.05, 3.63) is 77.6 Å². The lowest BCUT2D eigenvalue weighted by Gasteiger charge is -2.26. The first kappa shape index (κ1) is 21.5. The van der Waals surface area contributed by atoms with Crippen LogP contribution in [0, 0.1) is 11.7 Å². The van der Waals surface area contributed by atoms with Crippen molar-refractivity contribution in [2.45, 2.75) is 38.5 Å². The zero-order chi connectivity index (χ0) is 21.5. The van der Waals surface area contributed by atoms with Crippen molar-refractivity contribution in [1.82, 2.24) is 0 Å². The highest BCUT2D eigenvalue weighted by Gasteiger charge is 2.19. The Balaban J connectivity index is 0.000000806. The van der Waals surface area contributed by atoms with Crippen molar-refractivity contribution in [2.24, 2.45) is 5.92 Å². The van der Waals surface area contributed by atoms with Gasteiger partial charge in [0, 0.05) is 11.3 Å². The molecule has 3 aromatic rings. The minimum absolute atomic E-state index is 0.152. The van der Waals surface area contributed by atoms with Crippen LogP contribution >= 0.6 is 0 Å². The zero-order valence-electron chi connectivity index (χ0n) is 17.0. The first-order valence-corrected chi connectivity index (χ1v) is 10.2. The molecule has 4 nitrogen and oxygen atoms in total. The van der Waals surface area contributed by atoms with E-state index in [4.69, 9.17) is 9.90 Å². The van der Waals surface area contributed by atoms with Crippen molar-refractivity contribution in [3.63, 3.8) is 0 Å². The number of rotatable bonds is 3. The predicted molar refractivity (Wildman–Crippen MR) is 117 cm³/mol. The van der Waals surface area contributed by atoms with E-state index in [-0.39, 0.29) is 18.2 Å². The van der Waals surface area contributed by atoms with Crippen LogP contribution in [-0.2, 0) is 4.79 Å². The van der Waals surface area contributed by atoms with Crippen LogP contribution in [0.2, 0.25) is 0 Å². The number of anilines is 1. The molecule has 0 aromatic heterocycles. The molecular formula is C25H26FNO3. The summed E-state index contributed by atoms with van der Waals surface area (Å²) in [6, 6.07) is 18.1. The maximum Gasteiger partial charge on any atom is 0.290 e. The Hall–Kier alpha value is -3.21. The molecule has 0 unspecified atom stereocenters. The van der Waals surface area contributed by atoms with Gasteiger partial charge < -0.3 is 10.4 Å². The molecule has 1 aliphatic carbocycles. The summed E-state index contributed by atoms with van der Waals surface area (Å²) in [6.07, 6.45) is 5.11. The summed E-state index contributed by atoms with van der Waals surface area (Å²) in [5, 5.41) is 11.5. The van der Waals surface area contributed by atoms with Crippen molar-refractivity contribution in [1.29, 1.82) is 0 Å². The van der Waals surface area contributed by atoms with Crippen molar-refractivity contribution >= 4 is 28.8 Å². The molecule has 0 spiro atoms. The molecular weight excluding hydrogens is 381 g/mol. The highest BCUT2D eigenvalue weighted by molar-refractivity contribution is 6.06. The van der Waals surface area contributed by atoms with Crippen molar-refractivity contribution in [3.8, 4) is 0 Å². The fraction of sp³-hybridized carbons (Fsp3) is 0.280. The largest absolute Gasteiger partial charge is 0.483 e. The van der Waals surface area contributed by atoms with E-state index in [0.29, 0.717) is 11.5 Å². The average Bonchev–Trinajstić information content (AvgIpc) is 2.75. The Morgan fingerprint density at radius 1 is 0.967 bits per heavy atom. The molecule has 0 aliphatic heterocycles. The number of amides is 1. The van der Waals surface area contributed by atoms with Crippen LogP contribution in [0.15, 0.2) is 60.7 Å². The van der Waals surface area contributed by atoms with E-state index in [1.165, 1.54) is 43.4 Å². The second-order valence-corrected chi connectivity index (χ2v) is 7.84. The van der Waals surface area contributed by atoms with Crippen LogP contribution in [0.3, 0.4) is 0 Å². The van der Waals surface area contributed by atoms with E-state index in [2.05, 4.69) is 24.4 Å². The lowest BCUT2D eigenvalue weighted by Crippen LogP contribution is -2.13. The van der Waals surface area contributed by atoms with Crippen LogP contribution in [-0.4, -0.2) is 17.5 Å². The molecule has 30 heavy (non-hydrogen) atoms. The van der Waals surface area contributed by atoms with Crippen LogP contribution in [0.5, 0.6) is 0 Å². The van der Waals surface area contributed by atoms with E-state index >= 15 is 0 Å². The number of hydrogen-bond acceptors (Lipinski definition) is 2. The quantitative estimate of drug-likeness (QED) is 0.506. The number of carboxylic acid groups (broad SMARTS) is 1. The van der Waals surface area contributed by atoms with Crippen LogP contribution in [0.1, 0.15) is 54.4 Å². The molecule has 2 N–H and O–H groups in total. The third-order valence-corrected chi connectivity index (χ3v) is 5.72. The second kappa shape index (κ2) is 10.0. The number of carbonyl (C=O) groups excluding carboxylic acids is 1. The molecule has 0 saturated heterocycles. The van der Waals surface area contributed by atoms with Crippen LogP contribution in [0.25, 0.3) is 10.8 Å². The summed E-state index contributed by atoms with van der Waals surface area (Å²) in [4.78, 5) is 20.9. The summed E-state index contributed by atoms with van der Waals surface area (Å²) >= 11 is 0. The van der Waals surface area contributed by atoms with Gasteiger partial charge in [-0.1, -0.05) is 44.0 Å². The Morgan fingerprint density at radius 3 is 2.23 bits per heavy atom. The molecule has 5 heteroatoms. The Labute approximate surface area is 175 Å². The van der Waals surface area contributed by atoms with E-state index in [9.17, 15) is 9.18 Å². The maximum absolute atomic E-state index is 13.3. The summed E-state index contributed by atoms with van der Waals surface area (Å²) in [5.41, 5.74) is 2.74. The number of halogens is 1. The SMILES string of the molecule is CC1CCC(c2ccc(NC(=O)c3ccc4cc(F)ccc4c3)cc2)CC1.O=CO. The van der Waals surface area contributed by atoms with Gasteiger partial charge in [-0.15, -0.1) is 0 Å². The maximum atomic E-state index is 13.3. The molecule has 0 radical (unpaired) electrons. The summed E-state index contributed by atoms with van der Waals surface area (Å²) in [5.74, 6) is 1.07. The van der Waals surface area contributed by atoms with Gasteiger partial charge in [-0.25, -0.2) is 4.39 Å². The van der Waals surface area contributed by atoms with Gasteiger partial charge in [-0.05, 0) is 77.4 Å². The summed E-state index contributed by atoms with van der Waals surface area (Å²) in [6.45, 7) is 2.08. The van der Waals surface area contributed by atoms with Crippen LogP contribution < -0.4 is 5.32 Å². The topological polar surface area (TPSA) is 66.4 Å². The molecule has 1 fully saturated rings. The number of carbonyl (C=O) groups is 2. The monoisotopic (exact) mass is 407 g/mol. The predicted octanol–water partition coefficient (Wildman–Crippen LogP) is 6.23. The minimum atomic E-state index is -0.271. The van der Waals surface area contributed by atoms with Gasteiger partial charge in [-0.2, -0.15) is 0 Å². The van der Waals surface area contributed by atoms with E-state index in [0.717, 1.165) is 22.4 Å². The van der Waals surface area contributed by atoms with Crippen LogP contribution in [0.4, 0.5) is 10.1 Å². The molecule has 156 valence electrons. The highest BCUT2D eigenvalue weighted by Crippen LogP contribution is 2.35. The fourth-order valence-corrected chi connectivity index (χ4v) is 3.99. The Kier molecular flexibility index (Phi) is 7.17. The van der Waals surface area contributed by atoms with Crippen molar-refractivity contribution < 1.29 is 19.1 Å². The highest BCUT2D eigenvalue weighted by atomic mass is 19.1. The standard InChI is InChI=1S/C24H24FNO.CH2O2/c1-16-2-4-17(5-3-16)18-9-12-23(13-10-18)26-24(27)21-7-6-20-15-22(25)11-8-19(20)14-21;2-1-3/h6-17H,2-5H2,1H3,(H,26,27);1H,(H,2,3). The first-order valence-electron chi connectivity index (χ1n) is 10.2. The molecule has 0 bridgehead atoms. The molecule has 1 aliphatic rings. The molecule has 0 heterocycles. The van der Waals surface area contributed by atoms with Gasteiger partial charge in [0.2, 0.25) is 0 Å². The van der Waals surface area contributed by atoms with Crippen molar-refractivity contribution in [2.75, 3.05) is 5.32 Å². The third-order valence-electron chi connectivity index (χ3n) is 5.72. The fourth-order valence-electron chi connectivity index (χ4n) is 3.99. The lowest BCUT2D eigenvalue weighted by atomic mass is 9.79. The Morgan fingerprint density at radius 2 is 1.57 bits per heavy atom. The average molecular weight is 407 g/mol. The number of benzene rings is 3. The number of nitrogens with one attached hydrogen (secondary N) is 1. The van der Waals surface area contributed by atoms with Gasteiger partial charge in [-0.3, -0.25) is 9.59 Å². The normalized spacial score (nSPS) is 18.2. The summed E-state index contributed by atoms with van der Waals surface area (Å²) < 4.78 is 13.3. The van der Waals surface area contributed by atoms with Gasteiger partial charge in [0.25, 0.3) is 12.4 Å². The van der Waals surface area contributed by atoms with E-state index < -0.39 is 0 Å². The molecule has 3 aromatic carbocycles. The van der Waals surface area contributed by atoms with Gasteiger partial charge in [0.05, 0.1) is 0 Å². The van der Waals surface area contributed by atoms with Gasteiger partial charge >= 0.3 is 0 Å². The molecule has 1 saturated carbocycles. The molecule has 4 rings (SSSR count). The number of fused-ring (bicyclic) bond motifs is 1. The third kappa shape index (κ3) is 5.44. The number of hydrogen-bond donors (Lipinski definition) is 2. The molecule has 1 amide bonds. The van der Waals surface area contributed by atoms with E-state index in [1.54, 1.807) is 24.3 Å². The first-order chi connectivity index (χ1) is 14.5. The smallest absolute Gasteiger partial charge is 0.290 e. The van der Waals surface area contributed by atoms with E-state index in [1.807, 2.05) is 12.1 Å².